The molecule has 1 unspecified atom stereocenters. The van der Waals surface area contributed by atoms with Crippen LogP contribution in [0.4, 0.5) is 0 Å². The van der Waals surface area contributed by atoms with E-state index in [9.17, 15) is 4.79 Å². The summed E-state index contributed by atoms with van der Waals surface area (Å²) in [4.78, 5) is 12.1. The summed E-state index contributed by atoms with van der Waals surface area (Å²) >= 11 is 13.6. The van der Waals surface area contributed by atoms with E-state index in [1.54, 1.807) is 23.9 Å². The molecule has 22 heavy (non-hydrogen) atoms. The number of amides is 1. The van der Waals surface area contributed by atoms with Crippen molar-refractivity contribution in [1.82, 2.24) is 5.32 Å². The van der Waals surface area contributed by atoms with Crippen molar-refractivity contribution in [1.29, 1.82) is 0 Å². The lowest BCUT2D eigenvalue weighted by molar-refractivity contribution is -0.120. The first-order valence-electron chi connectivity index (χ1n) is 6.93. The van der Waals surface area contributed by atoms with Crippen LogP contribution in [0.3, 0.4) is 0 Å². The molecule has 1 amide bonds. The lowest BCUT2D eigenvalue weighted by Gasteiger charge is -2.13. The Morgan fingerprint density at radius 3 is 2.59 bits per heavy atom. The van der Waals surface area contributed by atoms with Gasteiger partial charge in [-0.05, 0) is 30.2 Å². The number of hydrogen-bond acceptors (Lipinski definition) is 2. The van der Waals surface area contributed by atoms with Gasteiger partial charge in [0.05, 0.1) is 5.25 Å². The normalized spacial score (nSPS) is 12.0. The first-order chi connectivity index (χ1) is 10.6. The molecule has 2 aromatic carbocycles. The molecule has 0 saturated heterocycles. The largest absolute Gasteiger partial charge is 0.351 e. The van der Waals surface area contributed by atoms with Crippen molar-refractivity contribution in [3.63, 3.8) is 0 Å². The van der Waals surface area contributed by atoms with Gasteiger partial charge in [-0.3, -0.25) is 4.79 Å². The molecular formula is C17H17Cl2NOS. The molecule has 5 heteroatoms. The van der Waals surface area contributed by atoms with Crippen molar-refractivity contribution in [2.75, 3.05) is 0 Å². The number of nitrogens with one attached hydrogen (secondary N) is 1. The van der Waals surface area contributed by atoms with Crippen LogP contribution in [0.25, 0.3) is 0 Å². The van der Waals surface area contributed by atoms with Crippen LogP contribution >= 0.6 is 35.0 Å². The third kappa shape index (κ3) is 5.24. The van der Waals surface area contributed by atoms with Gasteiger partial charge in [-0.25, -0.2) is 0 Å². The standard InChI is InChI=1S/C17H17Cl2NOS/c1-12(22-11-13-5-3-2-4-6-13)17(21)20-10-14-7-8-15(18)9-16(14)19/h2-9,12H,10-11H2,1H3,(H,20,21). The van der Waals surface area contributed by atoms with Gasteiger partial charge in [0.15, 0.2) is 0 Å². The molecule has 116 valence electrons. The van der Waals surface area contributed by atoms with E-state index in [0.717, 1.165) is 11.3 Å². The Labute approximate surface area is 145 Å². The Bertz CT molecular complexity index is 634. The van der Waals surface area contributed by atoms with Gasteiger partial charge in [0.25, 0.3) is 0 Å². The minimum Gasteiger partial charge on any atom is -0.351 e. The summed E-state index contributed by atoms with van der Waals surface area (Å²) in [7, 11) is 0. The van der Waals surface area contributed by atoms with Gasteiger partial charge >= 0.3 is 0 Å². The molecule has 2 rings (SSSR count). The lowest BCUT2D eigenvalue weighted by Crippen LogP contribution is -2.30. The maximum Gasteiger partial charge on any atom is 0.233 e. The second kappa shape index (κ2) is 8.47. The second-order valence-electron chi connectivity index (χ2n) is 4.89. The predicted octanol–water partition coefficient (Wildman–Crippen LogP) is 4.93. The number of thioether (sulfide) groups is 1. The summed E-state index contributed by atoms with van der Waals surface area (Å²) in [6.45, 7) is 2.32. The molecule has 0 aliphatic carbocycles. The summed E-state index contributed by atoms with van der Waals surface area (Å²) in [6, 6.07) is 15.4. The molecule has 1 N–H and O–H groups in total. The maximum atomic E-state index is 12.1. The van der Waals surface area contributed by atoms with Crippen molar-refractivity contribution in [3.05, 3.63) is 69.7 Å². The van der Waals surface area contributed by atoms with Crippen LogP contribution in [0, 0.1) is 0 Å². The Kier molecular flexibility index (Phi) is 6.62. The van der Waals surface area contributed by atoms with Gasteiger partial charge in [0.2, 0.25) is 5.91 Å². The SMILES string of the molecule is CC(SCc1ccccc1)C(=O)NCc1ccc(Cl)cc1Cl. The molecule has 0 fully saturated rings. The Morgan fingerprint density at radius 1 is 1.18 bits per heavy atom. The molecule has 0 spiro atoms. The second-order valence-corrected chi connectivity index (χ2v) is 7.07. The minimum atomic E-state index is -0.119. The van der Waals surface area contributed by atoms with Crippen LogP contribution < -0.4 is 5.32 Å². The fourth-order valence-electron chi connectivity index (χ4n) is 1.86. The van der Waals surface area contributed by atoms with E-state index in [1.165, 1.54) is 5.56 Å². The molecule has 1 atom stereocenters. The van der Waals surface area contributed by atoms with Gasteiger partial charge in [-0.2, -0.15) is 0 Å². The monoisotopic (exact) mass is 353 g/mol. The van der Waals surface area contributed by atoms with E-state index in [4.69, 9.17) is 23.2 Å². The van der Waals surface area contributed by atoms with E-state index in [2.05, 4.69) is 17.4 Å². The Morgan fingerprint density at radius 2 is 1.91 bits per heavy atom. The first kappa shape index (κ1) is 17.2. The Balaban J connectivity index is 1.81. The zero-order valence-electron chi connectivity index (χ0n) is 12.2. The van der Waals surface area contributed by atoms with E-state index in [-0.39, 0.29) is 11.2 Å². The summed E-state index contributed by atoms with van der Waals surface area (Å²) < 4.78 is 0. The van der Waals surface area contributed by atoms with Crippen molar-refractivity contribution in [3.8, 4) is 0 Å². The van der Waals surface area contributed by atoms with E-state index < -0.39 is 0 Å². The van der Waals surface area contributed by atoms with Crippen LogP contribution in [0.1, 0.15) is 18.1 Å². The molecule has 0 bridgehead atoms. The maximum absolute atomic E-state index is 12.1. The predicted molar refractivity (Wildman–Crippen MR) is 95.5 cm³/mol. The highest BCUT2D eigenvalue weighted by molar-refractivity contribution is 7.99. The van der Waals surface area contributed by atoms with Gasteiger partial charge < -0.3 is 5.32 Å². The molecule has 0 saturated carbocycles. The molecule has 2 aromatic rings. The number of carbonyl (C=O) groups excluding carboxylic acids is 1. The molecular weight excluding hydrogens is 337 g/mol. The third-order valence-corrected chi connectivity index (χ3v) is 4.98. The summed E-state index contributed by atoms with van der Waals surface area (Å²) in [5.41, 5.74) is 2.08. The van der Waals surface area contributed by atoms with Crippen molar-refractivity contribution in [2.45, 2.75) is 24.5 Å². The smallest absolute Gasteiger partial charge is 0.233 e. The van der Waals surface area contributed by atoms with Crippen molar-refractivity contribution < 1.29 is 4.79 Å². The molecule has 0 aliphatic heterocycles. The number of halogens is 2. The first-order valence-corrected chi connectivity index (χ1v) is 8.74. The van der Waals surface area contributed by atoms with Crippen LogP contribution in [0.15, 0.2) is 48.5 Å². The van der Waals surface area contributed by atoms with E-state index in [0.29, 0.717) is 16.6 Å². The highest BCUT2D eigenvalue weighted by atomic mass is 35.5. The van der Waals surface area contributed by atoms with Gasteiger partial charge in [0.1, 0.15) is 0 Å². The average molecular weight is 354 g/mol. The van der Waals surface area contributed by atoms with Crippen LogP contribution in [-0.2, 0) is 17.1 Å². The van der Waals surface area contributed by atoms with Crippen molar-refractivity contribution in [2.24, 2.45) is 0 Å². The topological polar surface area (TPSA) is 29.1 Å². The lowest BCUT2D eigenvalue weighted by atomic mass is 10.2. The summed E-state index contributed by atoms with van der Waals surface area (Å²) in [6.07, 6.45) is 0. The van der Waals surface area contributed by atoms with Crippen LogP contribution in [0.5, 0.6) is 0 Å². The highest BCUT2D eigenvalue weighted by Gasteiger charge is 2.13. The highest BCUT2D eigenvalue weighted by Crippen LogP contribution is 2.21. The van der Waals surface area contributed by atoms with Gasteiger partial charge in [-0.1, -0.05) is 59.6 Å². The fourth-order valence-corrected chi connectivity index (χ4v) is 3.21. The molecule has 0 aliphatic rings. The zero-order chi connectivity index (χ0) is 15.9. The summed E-state index contributed by atoms with van der Waals surface area (Å²) in [5.74, 6) is 0.823. The summed E-state index contributed by atoms with van der Waals surface area (Å²) in [5, 5.41) is 3.95. The Hall–Kier alpha value is -1.16. The number of rotatable bonds is 6. The molecule has 0 heterocycles. The molecule has 0 aromatic heterocycles. The number of hydrogen-bond donors (Lipinski definition) is 1. The minimum absolute atomic E-state index is 0.00643. The fraction of sp³-hybridized carbons (Fsp3) is 0.235. The van der Waals surface area contributed by atoms with Crippen molar-refractivity contribution >= 4 is 40.9 Å². The van der Waals surface area contributed by atoms with Gasteiger partial charge in [0, 0.05) is 22.3 Å². The van der Waals surface area contributed by atoms with Crippen LogP contribution in [0.2, 0.25) is 10.0 Å². The third-order valence-electron chi connectivity index (χ3n) is 3.18. The van der Waals surface area contributed by atoms with Crippen LogP contribution in [-0.4, -0.2) is 11.2 Å². The average Bonchev–Trinajstić information content (AvgIpc) is 2.52. The number of benzene rings is 2. The molecule has 0 radical (unpaired) electrons. The van der Waals surface area contributed by atoms with E-state index >= 15 is 0 Å². The number of carbonyl (C=O) groups is 1. The van der Waals surface area contributed by atoms with Gasteiger partial charge in [-0.15, -0.1) is 11.8 Å². The van der Waals surface area contributed by atoms with E-state index in [1.807, 2.05) is 31.2 Å². The molecule has 2 nitrogen and oxygen atoms in total. The zero-order valence-corrected chi connectivity index (χ0v) is 14.5. The quantitative estimate of drug-likeness (QED) is 0.797.